The molecule has 1 aromatic heterocycles. The summed E-state index contributed by atoms with van der Waals surface area (Å²) < 4.78 is 23.8. The number of esters is 1. The quantitative estimate of drug-likeness (QED) is 0.469. The van der Waals surface area contributed by atoms with Crippen LogP contribution in [0.25, 0.3) is 5.69 Å². The lowest BCUT2D eigenvalue weighted by Gasteiger charge is -2.46. The molecule has 2 saturated heterocycles. The standard InChI is InChI=1S/C23H32N3O4PS/c1-4-30-23(27)21-18(2)26(20-8-6-5-7-9-20)19(3)22(21)31(32,24-10-14-28-15-11-24)25-12-16-29-17-13-25/h5-9H,4,10-17H2,1-3H3. The normalized spacial score (nSPS) is 18.6. The topological polar surface area (TPSA) is 56.2 Å². The van der Waals surface area contributed by atoms with E-state index in [0.717, 1.165) is 48.6 Å². The minimum atomic E-state index is -2.48. The van der Waals surface area contributed by atoms with Crippen molar-refractivity contribution < 1.29 is 19.0 Å². The summed E-state index contributed by atoms with van der Waals surface area (Å²) in [5.74, 6) is -0.298. The van der Waals surface area contributed by atoms with Crippen LogP contribution in [0.2, 0.25) is 0 Å². The number of ether oxygens (including phenoxy) is 3. The first-order valence-electron chi connectivity index (χ1n) is 11.2. The predicted molar refractivity (Wildman–Crippen MR) is 130 cm³/mol. The zero-order chi connectivity index (χ0) is 22.7. The molecule has 2 aromatic rings. The minimum Gasteiger partial charge on any atom is -0.462 e. The number of nitrogens with zero attached hydrogens (tertiary/aromatic N) is 3. The van der Waals surface area contributed by atoms with E-state index >= 15 is 0 Å². The third kappa shape index (κ3) is 4.20. The Balaban J connectivity index is 1.97. The largest absolute Gasteiger partial charge is 0.462 e. The molecule has 0 atom stereocenters. The Kier molecular flexibility index (Phi) is 7.50. The summed E-state index contributed by atoms with van der Waals surface area (Å²) in [4.78, 5) is 13.3. The van der Waals surface area contributed by atoms with E-state index in [2.05, 4.69) is 33.0 Å². The summed E-state index contributed by atoms with van der Waals surface area (Å²) in [6.07, 6.45) is -2.48. The van der Waals surface area contributed by atoms with Crippen LogP contribution in [0.5, 0.6) is 0 Å². The number of rotatable bonds is 6. The highest BCUT2D eigenvalue weighted by Gasteiger charge is 2.42. The molecule has 0 aliphatic carbocycles. The van der Waals surface area contributed by atoms with Crippen LogP contribution in [0.4, 0.5) is 0 Å². The van der Waals surface area contributed by atoms with E-state index in [1.165, 1.54) is 0 Å². The number of benzene rings is 1. The van der Waals surface area contributed by atoms with Crippen LogP contribution < -0.4 is 5.30 Å². The smallest absolute Gasteiger partial charge is 0.340 e. The van der Waals surface area contributed by atoms with Crippen molar-refractivity contribution in [1.29, 1.82) is 0 Å². The van der Waals surface area contributed by atoms with Crippen molar-refractivity contribution in [2.24, 2.45) is 0 Å². The first kappa shape index (κ1) is 23.6. The van der Waals surface area contributed by atoms with Gasteiger partial charge in [0.05, 0.1) is 38.6 Å². The van der Waals surface area contributed by atoms with Gasteiger partial charge in [0.25, 0.3) is 0 Å². The summed E-state index contributed by atoms with van der Waals surface area (Å²) in [5, 5.41) is 0.955. The third-order valence-electron chi connectivity index (χ3n) is 6.14. The molecule has 2 aliphatic heterocycles. The molecule has 1 aromatic carbocycles. The molecular weight excluding hydrogens is 445 g/mol. The van der Waals surface area contributed by atoms with Gasteiger partial charge in [-0.05, 0) is 32.9 Å². The summed E-state index contributed by atoms with van der Waals surface area (Å²) in [6, 6.07) is 10.1. The lowest BCUT2D eigenvalue weighted by molar-refractivity contribution is 0.0526. The highest BCUT2D eigenvalue weighted by atomic mass is 32.4. The molecule has 2 aliphatic rings. The molecule has 0 N–H and O–H groups in total. The first-order valence-corrected chi connectivity index (χ1v) is 13.9. The Labute approximate surface area is 195 Å². The summed E-state index contributed by atoms with van der Waals surface area (Å²) in [7, 11) is 0. The summed E-state index contributed by atoms with van der Waals surface area (Å²) in [5.41, 5.74) is 3.52. The Bertz CT molecular complexity index is 976. The number of hydrogen-bond acceptors (Lipinski definition) is 5. The lowest BCUT2D eigenvalue weighted by atomic mass is 10.2. The number of morpholine rings is 2. The number of aromatic nitrogens is 1. The van der Waals surface area contributed by atoms with Crippen molar-refractivity contribution in [3.63, 3.8) is 0 Å². The van der Waals surface area contributed by atoms with Crippen molar-refractivity contribution in [3.8, 4) is 5.69 Å². The van der Waals surface area contributed by atoms with E-state index in [-0.39, 0.29) is 5.97 Å². The van der Waals surface area contributed by atoms with Crippen molar-refractivity contribution in [2.45, 2.75) is 20.8 Å². The van der Waals surface area contributed by atoms with Crippen LogP contribution in [0, 0.1) is 13.8 Å². The minimum absolute atomic E-state index is 0.298. The molecule has 2 fully saturated rings. The molecule has 0 unspecified atom stereocenters. The number of hydrogen-bond donors (Lipinski definition) is 0. The van der Waals surface area contributed by atoms with Gasteiger partial charge < -0.3 is 18.8 Å². The number of carbonyl (C=O) groups excluding carboxylic acids is 1. The molecule has 0 radical (unpaired) electrons. The molecule has 174 valence electrons. The average molecular weight is 478 g/mol. The third-order valence-corrected chi connectivity index (χ3v) is 11.5. The Morgan fingerprint density at radius 3 is 2.00 bits per heavy atom. The Morgan fingerprint density at radius 2 is 1.50 bits per heavy atom. The predicted octanol–water partition coefficient (Wildman–Crippen LogP) is 2.87. The number of para-hydroxylation sites is 1. The van der Waals surface area contributed by atoms with E-state index in [9.17, 15) is 4.79 Å². The fraction of sp³-hybridized carbons (Fsp3) is 0.522. The van der Waals surface area contributed by atoms with E-state index in [1.54, 1.807) is 0 Å². The van der Waals surface area contributed by atoms with Gasteiger partial charge in [-0.1, -0.05) is 30.0 Å². The van der Waals surface area contributed by atoms with Gasteiger partial charge >= 0.3 is 5.97 Å². The molecule has 0 amide bonds. The van der Waals surface area contributed by atoms with Crippen LogP contribution in [-0.2, 0) is 26.0 Å². The molecule has 32 heavy (non-hydrogen) atoms. The van der Waals surface area contributed by atoms with Crippen LogP contribution >= 0.6 is 6.34 Å². The SMILES string of the molecule is CCOC(=O)c1c(P(=S)(N2CCOCC2)N2CCOCC2)c(C)n(-c2ccccc2)c1C. The van der Waals surface area contributed by atoms with E-state index in [4.69, 9.17) is 26.0 Å². The van der Waals surface area contributed by atoms with Crippen LogP contribution in [0.3, 0.4) is 0 Å². The van der Waals surface area contributed by atoms with Gasteiger partial charge in [0.15, 0.2) is 0 Å². The highest BCUT2D eigenvalue weighted by molar-refractivity contribution is 8.16. The second-order valence-electron chi connectivity index (χ2n) is 7.96. The zero-order valence-electron chi connectivity index (χ0n) is 19.1. The van der Waals surface area contributed by atoms with E-state index in [1.807, 2.05) is 32.0 Å². The molecule has 3 heterocycles. The highest BCUT2D eigenvalue weighted by Crippen LogP contribution is 2.55. The van der Waals surface area contributed by atoms with Gasteiger partial charge in [0.2, 0.25) is 0 Å². The molecule has 9 heteroatoms. The van der Waals surface area contributed by atoms with Crippen LogP contribution in [0.15, 0.2) is 30.3 Å². The summed E-state index contributed by atoms with van der Waals surface area (Å²) in [6.45, 7) is 11.9. The summed E-state index contributed by atoms with van der Waals surface area (Å²) >= 11 is 6.64. The fourth-order valence-corrected chi connectivity index (χ4v) is 9.75. The molecule has 4 rings (SSSR count). The second-order valence-corrected chi connectivity index (χ2v) is 12.2. The maximum Gasteiger partial charge on any atom is 0.340 e. The Morgan fingerprint density at radius 1 is 0.969 bits per heavy atom. The van der Waals surface area contributed by atoms with Crippen molar-refractivity contribution in [1.82, 2.24) is 13.9 Å². The maximum atomic E-state index is 13.3. The second kappa shape index (κ2) is 10.2. The van der Waals surface area contributed by atoms with Crippen molar-refractivity contribution in [3.05, 3.63) is 47.3 Å². The fourth-order valence-electron chi connectivity index (χ4n) is 4.70. The molecule has 0 spiro atoms. The van der Waals surface area contributed by atoms with Gasteiger partial charge in [0.1, 0.15) is 6.34 Å². The van der Waals surface area contributed by atoms with Crippen LogP contribution in [0.1, 0.15) is 28.7 Å². The van der Waals surface area contributed by atoms with Crippen molar-refractivity contribution in [2.75, 3.05) is 59.2 Å². The van der Waals surface area contributed by atoms with E-state index in [0.29, 0.717) is 38.6 Å². The maximum absolute atomic E-state index is 13.3. The first-order chi connectivity index (χ1) is 15.5. The van der Waals surface area contributed by atoms with Gasteiger partial charge in [-0.25, -0.2) is 4.79 Å². The van der Waals surface area contributed by atoms with Gasteiger partial charge in [-0.3, -0.25) is 9.34 Å². The zero-order valence-corrected chi connectivity index (χ0v) is 20.8. The van der Waals surface area contributed by atoms with Crippen LogP contribution in [-0.4, -0.2) is 79.1 Å². The van der Waals surface area contributed by atoms with E-state index < -0.39 is 6.34 Å². The van der Waals surface area contributed by atoms with Gasteiger partial charge in [0, 0.05) is 48.6 Å². The van der Waals surface area contributed by atoms with Gasteiger partial charge in [-0.2, -0.15) is 0 Å². The molecule has 7 nitrogen and oxygen atoms in total. The van der Waals surface area contributed by atoms with Crippen molar-refractivity contribution >= 4 is 29.4 Å². The van der Waals surface area contributed by atoms with Gasteiger partial charge in [-0.15, -0.1) is 0 Å². The molecule has 0 saturated carbocycles. The monoisotopic (exact) mass is 477 g/mol. The average Bonchev–Trinajstić information content (AvgIpc) is 3.10. The molecule has 0 bridgehead atoms. The number of carbonyl (C=O) groups is 1. The Hall–Kier alpha value is -1.54. The molecular formula is C23H32N3O4PS. The lowest BCUT2D eigenvalue weighted by Crippen LogP contribution is -2.47.